The van der Waals surface area contributed by atoms with Gasteiger partial charge in [0, 0.05) is 25.7 Å². The quantitative estimate of drug-likeness (QED) is 0.797. The monoisotopic (exact) mass is 297 g/mol. The van der Waals surface area contributed by atoms with Crippen molar-refractivity contribution in [2.75, 3.05) is 38.0 Å². The van der Waals surface area contributed by atoms with Gasteiger partial charge in [-0.2, -0.15) is 0 Å². The fourth-order valence-corrected chi connectivity index (χ4v) is 3.61. The molecule has 1 aromatic rings. The molecular weight excluding hydrogens is 270 g/mol. The lowest BCUT2D eigenvalue weighted by Gasteiger charge is -2.26. The zero-order chi connectivity index (χ0) is 14.4. The fraction of sp³-hybridized carbons (Fsp3) is 0.857. The van der Waals surface area contributed by atoms with E-state index in [0.29, 0.717) is 0 Å². The molecule has 1 aliphatic rings. The third kappa shape index (κ3) is 4.14. The van der Waals surface area contributed by atoms with Crippen LogP contribution < -0.4 is 5.32 Å². The molecule has 1 fully saturated rings. The maximum Gasteiger partial charge on any atom is 0.205 e. The standard InChI is InChI=1S/C14H27N5S/c1-4-8-15-14-17-16-13(20-14)11-18-9-7-12(10-18)19(5-2)6-3/h12H,4-11H2,1-3H3,(H,15,17). The lowest BCUT2D eigenvalue weighted by atomic mass is 10.2. The Morgan fingerprint density at radius 2 is 2.10 bits per heavy atom. The van der Waals surface area contributed by atoms with Crippen molar-refractivity contribution in [2.45, 2.75) is 46.2 Å². The molecule has 0 saturated carbocycles. The summed E-state index contributed by atoms with van der Waals surface area (Å²) in [6.07, 6.45) is 2.40. The SMILES string of the molecule is CCCNc1nnc(CN2CCC(N(CC)CC)C2)s1. The highest BCUT2D eigenvalue weighted by Gasteiger charge is 2.26. The van der Waals surface area contributed by atoms with Gasteiger partial charge >= 0.3 is 0 Å². The molecule has 2 heterocycles. The minimum absolute atomic E-state index is 0.718. The van der Waals surface area contributed by atoms with Crippen molar-refractivity contribution in [3.05, 3.63) is 5.01 Å². The number of likely N-dealkylation sites (N-methyl/N-ethyl adjacent to an activating group) is 1. The van der Waals surface area contributed by atoms with E-state index >= 15 is 0 Å². The first-order valence-corrected chi connectivity index (χ1v) is 8.61. The van der Waals surface area contributed by atoms with Crippen LogP contribution in [-0.4, -0.2) is 58.8 Å². The average Bonchev–Trinajstić information content (AvgIpc) is 3.08. The molecule has 1 aromatic heterocycles. The van der Waals surface area contributed by atoms with E-state index in [4.69, 9.17) is 0 Å². The molecule has 114 valence electrons. The molecule has 1 saturated heterocycles. The van der Waals surface area contributed by atoms with Gasteiger partial charge in [0.2, 0.25) is 5.13 Å². The van der Waals surface area contributed by atoms with Crippen LogP contribution in [0.25, 0.3) is 0 Å². The van der Waals surface area contributed by atoms with Gasteiger partial charge in [-0.05, 0) is 25.9 Å². The summed E-state index contributed by atoms with van der Waals surface area (Å²) >= 11 is 1.69. The first kappa shape index (κ1) is 15.7. The van der Waals surface area contributed by atoms with E-state index in [1.807, 2.05) is 0 Å². The van der Waals surface area contributed by atoms with Crippen molar-refractivity contribution in [1.82, 2.24) is 20.0 Å². The van der Waals surface area contributed by atoms with Gasteiger partial charge in [0.25, 0.3) is 0 Å². The third-order valence-electron chi connectivity index (χ3n) is 3.93. The number of aromatic nitrogens is 2. The van der Waals surface area contributed by atoms with Gasteiger partial charge in [-0.25, -0.2) is 0 Å². The Labute approximate surface area is 126 Å². The second-order valence-electron chi connectivity index (χ2n) is 5.33. The van der Waals surface area contributed by atoms with Gasteiger partial charge in [0.05, 0.1) is 6.54 Å². The Hall–Kier alpha value is -0.720. The van der Waals surface area contributed by atoms with E-state index in [1.54, 1.807) is 11.3 Å². The smallest absolute Gasteiger partial charge is 0.205 e. The fourth-order valence-electron chi connectivity index (χ4n) is 2.81. The van der Waals surface area contributed by atoms with Crippen LogP contribution in [0.5, 0.6) is 0 Å². The van der Waals surface area contributed by atoms with Gasteiger partial charge < -0.3 is 5.32 Å². The van der Waals surface area contributed by atoms with Crippen LogP contribution in [0.4, 0.5) is 5.13 Å². The summed E-state index contributed by atoms with van der Waals surface area (Å²) in [5.41, 5.74) is 0. The van der Waals surface area contributed by atoms with Crippen LogP contribution in [0.15, 0.2) is 0 Å². The zero-order valence-corrected chi connectivity index (χ0v) is 13.7. The summed E-state index contributed by atoms with van der Waals surface area (Å²) in [4.78, 5) is 5.07. The molecule has 0 aromatic carbocycles. The summed E-state index contributed by atoms with van der Waals surface area (Å²) < 4.78 is 0. The van der Waals surface area contributed by atoms with Crippen molar-refractivity contribution in [1.29, 1.82) is 0 Å². The first-order valence-electron chi connectivity index (χ1n) is 7.79. The highest BCUT2D eigenvalue weighted by Crippen LogP contribution is 2.21. The predicted molar refractivity (Wildman–Crippen MR) is 85.3 cm³/mol. The van der Waals surface area contributed by atoms with Crippen molar-refractivity contribution in [3.63, 3.8) is 0 Å². The molecular formula is C14H27N5S. The van der Waals surface area contributed by atoms with Gasteiger partial charge in [-0.3, -0.25) is 9.80 Å². The highest BCUT2D eigenvalue weighted by atomic mass is 32.1. The highest BCUT2D eigenvalue weighted by molar-refractivity contribution is 7.15. The maximum absolute atomic E-state index is 4.29. The topological polar surface area (TPSA) is 44.3 Å². The molecule has 1 unspecified atom stereocenters. The molecule has 0 amide bonds. The average molecular weight is 297 g/mol. The van der Waals surface area contributed by atoms with Crippen LogP contribution in [0.3, 0.4) is 0 Å². The molecule has 5 nitrogen and oxygen atoms in total. The van der Waals surface area contributed by atoms with E-state index in [9.17, 15) is 0 Å². The Kier molecular flexibility index (Phi) is 6.19. The molecule has 0 radical (unpaired) electrons. The Morgan fingerprint density at radius 3 is 2.80 bits per heavy atom. The minimum Gasteiger partial charge on any atom is -0.360 e. The molecule has 20 heavy (non-hydrogen) atoms. The summed E-state index contributed by atoms with van der Waals surface area (Å²) in [6, 6.07) is 0.718. The van der Waals surface area contributed by atoms with E-state index in [2.05, 4.69) is 46.1 Å². The Bertz CT molecular complexity index is 391. The van der Waals surface area contributed by atoms with Crippen LogP contribution in [0, 0.1) is 0 Å². The summed E-state index contributed by atoms with van der Waals surface area (Å²) in [5, 5.41) is 13.9. The van der Waals surface area contributed by atoms with E-state index in [0.717, 1.165) is 48.8 Å². The van der Waals surface area contributed by atoms with Gasteiger partial charge in [-0.1, -0.05) is 32.1 Å². The third-order valence-corrected chi connectivity index (χ3v) is 4.79. The largest absolute Gasteiger partial charge is 0.360 e. The zero-order valence-electron chi connectivity index (χ0n) is 12.9. The van der Waals surface area contributed by atoms with Gasteiger partial charge in [0.1, 0.15) is 5.01 Å². The normalized spacial score (nSPS) is 19.9. The van der Waals surface area contributed by atoms with Crippen molar-refractivity contribution in [3.8, 4) is 0 Å². The molecule has 0 bridgehead atoms. The predicted octanol–water partition coefficient (Wildman–Crippen LogP) is 2.28. The Balaban J connectivity index is 1.81. The van der Waals surface area contributed by atoms with Crippen LogP contribution >= 0.6 is 11.3 Å². The summed E-state index contributed by atoms with van der Waals surface area (Å²) in [7, 11) is 0. The number of rotatable bonds is 8. The molecule has 0 spiro atoms. The van der Waals surface area contributed by atoms with Crippen LogP contribution in [0.1, 0.15) is 38.6 Å². The number of hydrogen-bond donors (Lipinski definition) is 1. The number of likely N-dealkylation sites (tertiary alicyclic amines) is 1. The molecule has 6 heteroatoms. The summed E-state index contributed by atoms with van der Waals surface area (Å²) in [5.74, 6) is 0. The van der Waals surface area contributed by atoms with E-state index < -0.39 is 0 Å². The second-order valence-corrected chi connectivity index (χ2v) is 6.39. The lowest BCUT2D eigenvalue weighted by molar-refractivity contribution is 0.209. The molecule has 1 aliphatic heterocycles. The van der Waals surface area contributed by atoms with E-state index in [-0.39, 0.29) is 0 Å². The number of anilines is 1. The maximum atomic E-state index is 4.29. The Morgan fingerprint density at radius 1 is 1.30 bits per heavy atom. The van der Waals surface area contributed by atoms with Crippen LogP contribution in [0.2, 0.25) is 0 Å². The molecule has 1 N–H and O–H groups in total. The molecule has 0 aliphatic carbocycles. The minimum atomic E-state index is 0.718. The first-order chi connectivity index (χ1) is 9.76. The van der Waals surface area contributed by atoms with Crippen molar-refractivity contribution < 1.29 is 0 Å². The molecule has 1 atom stereocenters. The number of nitrogens with zero attached hydrogens (tertiary/aromatic N) is 4. The van der Waals surface area contributed by atoms with Gasteiger partial charge in [0.15, 0.2) is 0 Å². The number of nitrogens with one attached hydrogen (secondary N) is 1. The van der Waals surface area contributed by atoms with Gasteiger partial charge in [-0.15, -0.1) is 10.2 Å². The number of hydrogen-bond acceptors (Lipinski definition) is 6. The second kappa shape index (κ2) is 7.90. The summed E-state index contributed by atoms with van der Waals surface area (Å²) in [6.45, 7) is 13.2. The lowest BCUT2D eigenvalue weighted by Crippen LogP contribution is -2.37. The van der Waals surface area contributed by atoms with Crippen molar-refractivity contribution in [2.24, 2.45) is 0 Å². The van der Waals surface area contributed by atoms with E-state index in [1.165, 1.54) is 19.5 Å². The van der Waals surface area contributed by atoms with Crippen molar-refractivity contribution >= 4 is 16.5 Å². The van der Waals surface area contributed by atoms with Crippen LogP contribution in [-0.2, 0) is 6.54 Å². The molecule has 2 rings (SSSR count).